The lowest BCUT2D eigenvalue weighted by Crippen LogP contribution is -2.29. The minimum atomic E-state index is -4.40. The van der Waals surface area contributed by atoms with E-state index in [1.807, 2.05) is 0 Å². The number of rotatable bonds is 55. The van der Waals surface area contributed by atoms with Crippen LogP contribution in [0.25, 0.3) is 0 Å². The first-order valence-corrected chi connectivity index (χ1v) is 31.7. The molecule has 0 amide bonds. The number of unbranched alkanes of at least 4 members (excludes halogenated alkanes) is 20. The molecule has 10 heteroatoms. The maximum Gasteiger partial charge on any atom is 0.472 e. The monoisotopic (exact) mass is 1080 g/mol. The molecule has 0 bridgehead atoms. The normalized spacial score (nSPS) is 14.0. The van der Waals surface area contributed by atoms with Crippen LogP contribution in [0.4, 0.5) is 0 Å². The molecular weight excluding hydrogens is 966 g/mol. The van der Waals surface area contributed by atoms with Crippen molar-refractivity contribution >= 4 is 19.8 Å². The van der Waals surface area contributed by atoms with Crippen LogP contribution in [0.2, 0.25) is 0 Å². The summed E-state index contributed by atoms with van der Waals surface area (Å²) in [5, 5.41) is 0. The summed E-state index contributed by atoms with van der Waals surface area (Å²) in [6, 6.07) is 0. The zero-order chi connectivity index (χ0) is 55.2. The summed E-state index contributed by atoms with van der Waals surface area (Å²) in [6.45, 7) is 3.56. The highest BCUT2D eigenvalue weighted by Crippen LogP contribution is 2.43. The molecule has 3 N–H and O–H groups in total. The molecule has 76 heavy (non-hydrogen) atoms. The van der Waals surface area contributed by atoms with Gasteiger partial charge >= 0.3 is 19.8 Å². The van der Waals surface area contributed by atoms with Gasteiger partial charge in [0.15, 0.2) is 6.10 Å². The van der Waals surface area contributed by atoms with Gasteiger partial charge in [0.2, 0.25) is 0 Å². The van der Waals surface area contributed by atoms with E-state index in [2.05, 4.69) is 148 Å². The molecule has 2 unspecified atom stereocenters. The molecule has 2 atom stereocenters. The van der Waals surface area contributed by atoms with Crippen LogP contribution in [0, 0.1) is 0 Å². The Labute approximate surface area is 465 Å². The van der Waals surface area contributed by atoms with Crippen LogP contribution in [0.15, 0.2) is 134 Å². The number of nitrogens with two attached hydrogens (primary N) is 1. The van der Waals surface area contributed by atoms with Crippen molar-refractivity contribution < 1.29 is 37.6 Å². The second-order valence-corrected chi connectivity index (χ2v) is 20.9. The smallest absolute Gasteiger partial charge is 0.462 e. The van der Waals surface area contributed by atoms with Crippen LogP contribution in [-0.2, 0) is 32.7 Å². The van der Waals surface area contributed by atoms with E-state index in [-0.39, 0.29) is 32.6 Å². The average Bonchev–Trinajstić information content (AvgIpc) is 3.41. The minimum Gasteiger partial charge on any atom is -0.462 e. The molecule has 0 rings (SSSR count). The Bertz CT molecular complexity index is 1700. The third-order valence-electron chi connectivity index (χ3n) is 12.3. The number of esters is 2. The van der Waals surface area contributed by atoms with Crippen molar-refractivity contribution in [3.05, 3.63) is 134 Å². The average molecular weight is 1080 g/mol. The van der Waals surface area contributed by atoms with E-state index in [0.29, 0.717) is 12.8 Å². The van der Waals surface area contributed by atoms with Crippen molar-refractivity contribution in [3.63, 3.8) is 0 Å². The number of phosphoric acid groups is 1. The highest BCUT2D eigenvalue weighted by Gasteiger charge is 2.26. The third-order valence-corrected chi connectivity index (χ3v) is 13.3. The van der Waals surface area contributed by atoms with Crippen LogP contribution in [0.3, 0.4) is 0 Å². The van der Waals surface area contributed by atoms with Gasteiger partial charge in [0.1, 0.15) is 6.61 Å². The number of allylic oxidation sites excluding steroid dienone is 22. The first kappa shape index (κ1) is 72.2. The maximum absolute atomic E-state index is 12.7. The van der Waals surface area contributed by atoms with E-state index in [1.54, 1.807) is 0 Å². The van der Waals surface area contributed by atoms with Crippen molar-refractivity contribution in [1.82, 2.24) is 0 Å². The Kier molecular flexibility index (Phi) is 57.3. The zero-order valence-electron chi connectivity index (χ0n) is 48.2. The van der Waals surface area contributed by atoms with Crippen molar-refractivity contribution in [2.75, 3.05) is 26.4 Å². The van der Waals surface area contributed by atoms with Gasteiger partial charge in [0, 0.05) is 19.4 Å². The topological polar surface area (TPSA) is 134 Å². The van der Waals surface area contributed by atoms with Gasteiger partial charge in [-0.3, -0.25) is 18.6 Å². The zero-order valence-corrected chi connectivity index (χ0v) is 49.1. The number of ether oxygens (including phenoxy) is 2. The molecule has 0 fully saturated rings. The second kappa shape index (κ2) is 60.4. The fraction of sp³-hybridized carbons (Fsp3) is 0.636. The van der Waals surface area contributed by atoms with E-state index >= 15 is 0 Å². The van der Waals surface area contributed by atoms with Gasteiger partial charge in [-0.15, -0.1) is 0 Å². The molecule has 0 aliphatic carbocycles. The molecule has 0 aliphatic rings. The summed E-state index contributed by atoms with van der Waals surface area (Å²) >= 11 is 0. The van der Waals surface area contributed by atoms with Gasteiger partial charge in [-0.1, -0.05) is 250 Å². The van der Waals surface area contributed by atoms with Gasteiger partial charge in [-0.25, -0.2) is 4.57 Å². The first-order valence-electron chi connectivity index (χ1n) is 30.2. The predicted molar refractivity (Wildman–Crippen MR) is 325 cm³/mol. The lowest BCUT2D eigenvalue weighted by molar-refractivity contribution is -0.161. The van der Waals surface area contributed by atoms with Gasteiger partial charge in [-0.2, -0.15) is 0 Å². The molecule has 432 valence electrons. The van der Waals surface area contributed by atoms with E-state index in [4.69, 9.17) is 24.3 Å². The lowest BCUT2D eigenvalue weighted by Gasteiger charge is -2.19. The molecule has 0 saturated heterocycles. The highest BCUT2D eigenvalue weighted by atomic mass is 31.2. The highest BCUT2D eigenvalue weighted by molar-refractivity contribution is 7.47. The van der Waals surface area contributed by atoms with Crippen LogP contribution in [0.5, 0.6) is 0 Å². The maximum atomic E-state index is 12.7. The minimum absolute atomic E-state index is 0.0461. The van der Waals surface area contributed by atoms with Crippen molar-refractivity contribution in [3.8, 4) is 0 Å². The van der Waals surface area contributed by atoms with Crippen molar-refractivity contribution in [2.45, 2.75) is 245 Å². The number of hydrogen-bond acceptors (Lipinski definition) is 8. The largest absolute Gasteiger partial charge is 0.472 e. The summed E-state index contributed by atoms with van der Waals surface area (Å²) < 4.78 is 33.0. The molecule has 0 radical (unpaired) electrons. The van der Waals surface area contributed by atoms with Gasteiger partial charge in [-0.05, 0) is 109 Å². The van der Waals surface area contributed by atoms with E-state index in [9.17, 15) is 19.0 Å². The summed E-state index contributed by atoms with van der Waals surface area (Å²) in [5.41, 5.74) is 5.37. The number of phosphoric ester groups is 1. The fourth-order valence-corrected chi connectivity index (χ4v) is 8.59. The summed E-state index contributed by atoms with van der Waals surface area (Å²) in [7, 11) is -4.40. The Morgan fingerprint density at radius 2 is 0.724 bits per heavy atom. The number of hydrogen-bond donors (Lipinski definition) is 2. The Hall–Kier alpha value is -3.85. The third kappa shape index (κ3) is 59.4. The molecule has 0 heterocycles. The van der Waals surface area contributed by atoms with Crippen LogP contribution < -0.4 is 5.73 Å². The molecule has 0 aromatic carbocycles. The molecule has 0 aliphatic heterocycles. The summed E-state index contributed by atoms with van der Waals surface area (Å²) in [4.78, 5) is 35.1. The van der Waals surface area contributed by atoms with E-state index in [0.717, 1.165) is 122 Å². The van der Waals surface area contributed by atoms with Crippen LogP contribution >= 0.6 is 7.82 Å². The molecule has 0 aromatic rings. The SMILES string of the molecule is CC/C=C\C/C=C\C/C=C\C/C=C\C/C=C\C/C=C\C/C=C\C/C=C\C/C=C\CCCCCCCCCCCCCCCC(=O)OC(COC(=O)CCCCCCC/C=C\C/C=C\CCCC)COP(=O)(O)OCCN. The molecule has 9 nitrogen and oxygen atoms in total. The van der Waals surface area contributed by atoms with Crippen molar-refractivity contribution in [2.24, 2.45) is 5.73 Å². The fourth-order valence-electron chi connectivity index (χ4n) is 7.82. The predicted octanol–water partition coefficient (Wildman–Crippen LogP) is 19.3. The quantitative estimate of drug-likeness (QED) is 0.0264. The Morgan fingerprint density at radius 1 is 0.408 bits per heavy atom. The molecule has 0 spiro atoms. The van der Waals surface area contributed by atoms with Crippen molar-refractivity contribution in [1.29, 1.82) is 0 Å². The number of carbonyl (C=O) groups excluding carboxylic acids is 2. The number of carbonyl (C=O) groups is 2. The van der Waals surface area contributed by atoms with Crippen LogP contribution in [0.1, 0.15) is 239 Å². The molecule has 0 aromatic heterocycles. The van der Waals surface area contributed by atoms with E-state index < -0.39 is 32.5 Å². The van der Waals surface area contributed by atoms with Gasteiger partial charge in [0.05, 0.1) is 13.2 Å². The van der Waals surface area contributed by atoms with E-state index in [1.165, 1.54) is 77.0 Å². The Balaban J connectivity index is 3.91. The second-order valence-electron chi connectivity index (χ2n) is 19.5. The Morgan fingerprint density at radius 3 is 1.08 bits per heavy atom. The summed E-state index contributed by atoms with van der Waals surface area (Å²) in [5.74, 6) is -0.851. The van der Waals surface area contributed by atoms with Gasteiger partial charge < -0.3 is 20.1 Å². The first-order chi connectivity index (χ1) is 37.3. The van der Waals surface area contributed by atoms with Crippen LogP contribution in [-0.4, -0.2) is 49.3 Å². The summed E-state index contributed by atoms with van der Waals surface area (Å²) in [6.07, 6.45) is 85.2. The molecule has 0 saturated carbocycles. The standard InChI is InChI=1S/C66H110NO8P/c1-3-5-7-9-11-13-15-17-19-20-21-22-23-24-25-26-27-28-29-30-31-32-33-34-35-36-37-38-39-40-41-42-43-44-45-47-49-51-53-55-57-59-66(69)75-64(63-74-76(70,71)73-61-60-67)62-72-65(68)58-56-54-52-50-48-46-18-16-14-12-10-8-6-4-2/h5,7,10-13,16-19,21-22,24-25,27-28,30-31,33-34,36-37,64H,3-4,6,8-9,14-15,20,23,26,29,32,35,38-63,67H2,1-2H3,(H,70,71)/b7-5-,12-10-,13-11-,18-16-,19-17-,22-21-,25-24-,28-27-,31-30-,34-33-,37-36-. The van der Waals surface area contributed by atoms with Gasteiger partial charge in [0.25, 0.3) is 0 Å². The lowest BCUT2D eigenvalue weighted by atomic mass is 10.0. The molecular formula is C66H110NO8P.